The maximum atomic E-state index is 12.4. The summed E-state index contributed by atoms with van der Waals surface area (Å²) in [7, 11) is 0. The highest BCUT2D eigenvalue weighted by Gasteiger charge is 2.28. The Morgan fingerprint density at radius 2 is 2.00 bits per heavy atom. The van der Waals surface area contributed by atoms with E-state index in [1.807, 2.05) is 19.1 Å². The van der Waals surface area contributed by atoms with E-state index in [2.05, 4.69) is 21.3 Å². The fraction of sp³-hybridized carbons (Fsp3) is 0.611. The van der Waals surface area contributed by atoms with Crippen molar-refractivity contribution in [3.05, 3.63) is 23.4 Å². The summed E-state index contributed by atoms with van der Waals surface area (Å²) in [4.78, 5) is 19.1. The van der Waals surface area contributed by atoms with Crippen LogP contribution < -0.4 is 10.2 Å². The molecule has 6 nitrogen and oxygen atoms in total. The average molecular weight is 328 g/mol. The van der Waals surface area contributed by atoms with Gasteiger partial charge in [0, 0.05) is 44.0 Å². The number of amides is 1. The van der Waals surface area contributed by atoms with Crippen molar-refractivity contribution in [3.63, 3.8) is 0 Å². The number of rotatable bonds is 3. The van der Waals surface area contributed by atoms with E-state index in [4.69, 9.17) is 4.74 Å². The van der Waals surface area contributed by atoms with Gasteiger partial charge >= 0.3 is 0 Å². The zero-order valence-corrected chi connectivity index (χ0v) is 14.1. The molecular weight excluding hydrogens is 304 g/mol. The van der Waals surface area contributed by atoms with Gasteiger partial charge in [0.05, 0.1) is 5.56 Å². The predicted octanol–water partition coefficient (Wildman–Crippen LogP) is 1.77. The lowest BCUT2D eigenvalue weighted by atomic mass is 9.94. The Labute approximate surface area is 142 Å². The number of nitrogens with one attached hydrogen (secondary N) is 1. The summed E-state index contributed by atoms with van der Waals surface area (Å²) in [5.74, 6) is 0.972. The summed E-state index contributed by atoms with van der Waals surface area (Å²) in [6, 6.07) is 6.15. The number of piperidine rings is 1. The molecule has 2 fully saturated rings. The fourth-order valence-corrected chi connectivity index (χ4v) is 3.39. The molecular formula is C18H24N4O2. The molecule has 3 heterocycles. The molecule has 2 aliphatic heterocycles. The van der Waals surface area contributed by atoms with Crippen LogP contribution in [0.15, 0.2) is 12.1 Å². The van der Waals surface area contributed by atoms with Crippen molar-refractivity contribution in [2.45, 2.75) is 38.6 Å². The van der Waals surface area contributed by atoms with Crippen molar-refractivity contribution >= 4 is 11.7 Å². The molecule has 0 atom stereocenters. The molecule has 1 amide bonds. The van der Waals surface area contributed by atoms with Gasteiger partial charge in [0.25, 0.3) is 0 Å². The maximum Gasteiger partial charge on any atom is 0.223 e. The highest BCUT2D eigenvalue weighted by atomic mass is 16.5. The van der Waals surface area contributed by atoms with E-state index >= 15 is 0 Å². The molecule has 3 rings (SSSR count). The third-order valence-corrected chi connectivity index (χ3v) is 4.87. The molecule has 128 valence electrons. The van der Waals surface area contributed by atoms with Crippen LogP contribution in [0.2, 0.25) is 0 Å². The van der Waals surface area contributed by atoms with Gasteiger partial charge in [-0.2, -0.15) is 5.26 Å². The summed E-state index contributed by atoms with van der Waals surface area (Å²) >= 11 is 0. The number of nitrogens with zero attached hydrogens (tertiary/aromatic N) is 3. The first-order chi connectivity index (χ1) is 11.7. The fourth-order valence-electron chi connectivity index (χ4n) is 3.39. The predicted molar refractivity (Wildman–Crippen MR) is 90.6 cm³/mol. The molecule has 0 saturated carbocycles. The molecule has 0 spiro atoms. The molecule has 1 aromatic rings. The Bertz CT molecular complexity index is 626. The molecule has 0 bridgehead atoms. The topological polar surface area (TPSA) is 78.2 Å². The van der Waals surface area contributed by atoms with Crippen LogP contribution in [0.3, 0.4) is 0 Å². The smallest absolute Gasteiger partial charge is 0.223 e. The minimum atomic E-state index is 0.0550. The molecule has 0 aromatic carbocycles. The first-order valence-corrected chi connectivity index (χ1v) is 8.68. The number of anilines is 1. The third-order valence-electron chi connectivity index (χ3n) is 4.87. The van der Waals surface area contributed by atoms with Crippen molar-refractivity contribution in [1.29, 1.82) is 5.26 Å². The number of aryl methyl sites for hydroxylation is 1. The molecule has 0 aliphatic carbocycles. The Hall–Kier alpha value is -2.13. The lowest BCUT2D eigenvalue weighted by Crippen LogP contribution is -2.45. The molecule has 2 saturated heterocycles. The third kappa shape index (κ3) is 3.85. The summed E-state index contributed by atoms with van der Waals surface area (Å²) < 4.78 is 5.33. The summed E-state index contributed by atoms with van der Waals surface area (Å²) in [6.45, 7) is 4.92. The Morgan fingerprint density at radius 1 is 1.29 bits per heavy atom. The second-order valence-electron chi connectivity index (χ2n) is 6.59. The van der Waals surface area contributed by atoms with Crippen LogP contribution in [0.5, 0.6) is 0 Å². The Balaban J connectivity index is 1.56. The van der Waals surface area contributed by atoms with E-state index in [-0.39, 0.29) is 17.9 Å². The quantitative estimate of drug-likeness (QED) is 0.915. The van der Waals surface area contributed by atoms with Crippen LogP contribution >= 0.6 is 0 Å². The summed E-state index contributed by atoms with van der Waals surface area (Å²) in [5.41, 5.74) is 1.51. The standard InChI is InChI=1S/C18H24N4O2/c1-13-2-3-15(12-19)17(20-13)22-8-4-14(5-9-22)18(23)21-16-6-10-24-11-7-16/h2-3,14,16H,4-11H2,1H3,(H,21,23). The van der Waals surface area contributed by atoms with Gasteiger partial charge in [-0.3, -0.25) is 4.79 Å². The Kier molecular flexibility index (Phi) is 5.31. The molecule has 24 heavy (non-hydrogen) atoms. The van der Waals surface area contributed by atoms with E-state index in [1.54, 1.807) is 0 Å². The normalized spacial score (nSPS) is 19.8. The van der Waals surface area contributed by atoms with Crippen LogP contribution in [0.1, 0.15) is 36.9 Å². The zero-order chi connectivity index (χ0) is 16.9. The largest absolute Gasteiger partial charge is 0.381 e. The highest BCUT2D eigenvalue weighted by molar-refractivity contribution is 5.79. The van der Waals surface area contributed by atoms with Crippen molar-refractivity contribution in [1.82, 2.24) is 10.3 Å². The number of hydrogen-bond acceptors (Lipinski definition) is 5. The van der Waals surface area contributed by atoms with Crippen molar-refractivity contribution in [2.75, 3.05) is 31.2 Å². The number of nitriles is 1. The number of ether oxygens (including phenoxy) is 1. The van der Waals surface area contributed by atoms with E-state index < -0.39 is 0 Å². The Morgan fingerprint density at radius 3 is 2.67 bits per heavy atom. The lowest BCUT2D eigenvalue weighted by molar-refractivity contribution is -0.126. The number of hydrogen-bond donors (Lipinski definition) is 1. The highest BCUT2D eigenvalue weighted by Crippen LogP contribution is 2.25. The first-order valence-electron chi connectivity index (χ1n) is 8.68. The summed E-state index contributed by atoms with van der Waals surface area (Å²) in [6.07, 6.45) is 3.41. The molecule has 0 radical (unpaired) electrons. The minimum Gasteiger partial charge on any atom is -0.381 e. The average Bonchev–Trinajstić information content (AvgIpc) is 2.62. The van der Waals surface area contributed by atoms with E-state index in [1.165, 1.54) is 0 Å². The molecule has 2 aliphatic rings. The van der Waals surface area contributed by atoms with Gasteiger partial charge in [0.15, 0.2) is 0 Å². The van der Waals surface area contributed by atoms with Crippen LogP contribution in [-0.4, -0.2) is 43.2 Å². The monoisotopic (exact) mass is 328 g/mol. The van der Waals surface area contributed by atoms with Crippen molar-refractivity contribution < 1.29 is 9.53 Å². The van der Waals surface area contributed by atoms with Gasteiger partial charge in [0.1, 0.15) is 11.9 Å². The van der Waals surface area contributed by atoms with Crippen LogP contribution in [0.25, 0.3) is 0 Å². The molecule has 1 aromatic heterocycles. The van der Waals surface area contributed by atoms with E-state index in [9.17, 15) is 10.1 Å². The minimum absolute atomic E-state index is 0.0550. The molecule has 0 unspecified atom stereocenters. The van der Waals surface area contributed by atoms with Gasteiger partial charge in [-0.1, -0.05) is 0 Å². The van der Waals surface area contributed by atoms with Gasteiger partial charge in [-0.15, -0.1) is 0 Å². The van der Waals surface area contributed by atoms with E-state index in [0.717, 1.165) is 63.5 Å². The van der Waals surface area contributed by atoms with Gasteiger partial charge in [-0.25, -0.2) is 4.98 Å². The number of aromatic nitrogens is 1. The molecule has 1 N–H and O–H groups in total. The van der Waals surface area contributed by atoms with Gasteiger partial charge < -0.3 is 15.0 Å². The van der Waals surface area contributed by atoms with Gasteiger partial charge in [-0.05, 0) is 44.7 Å². The number of carbonyl (C=O) groups is 1. The van der Waals surface area contributed by atoms with Gasteiger partial charge in [0.2, 0.25) is 5.91 Å². The van der Waals surface area contributed by atoms with Crippen molar-refractivity contribution in [3.8, 4) is 6.07 Å². The van der Waals surface area contributed by atoms with Crippen molar-refractivity contribution in [2.24, 2.45) is 5.92 Å². The van der Waals surface area contributed by atoms with Crippen LogP contribution in [0, 0.1) is 24.2 Å². The SMILES string of the molecule is Cc1ccc(C#N)c(N2CCC(C(=O)NC3CCOCC3)CC2)n1. The van der Waals surface area contributed by atoms with E-state index in [0.29, 0.717) is 5.56 Å². The van der Waals surface area contributed by atoms with Crippen LogP contribution in [-0.2, 0) is 9.53 Å². The maximum absolute atomic E-state index is 12.4. The second-order valence-corrected chi connectivity index (χ2v) is 6.59. The number of carbonyl (C=O) groups excluding carboxylic acids is 1. The number of pyridine rings is 1. The zero-order valence-electron chi connectivity index (χ0n) is 14.1. The first kappa shape index (κ1) is 16.7. The lowest BCUT2D eigenvalue weighted by Gasteiger charge is -2.33. The second kappa shape index (κ2) is 7.63. The van der Waals surface area contributed by atoms with Crippen LogP contribution in [0.4, 0.5) is 5.82 Å². The molecule has 6 heteroatoms. The summed E-state index contributed by atoms with van der Waals surface area (Å²) in [5, 5.41) is 12.4.